The number of hydrogen-bond acceptors (Lipinski definition) is 10. The van der Waals surface area contributed by atoms with Crippen LogP contribution in [0, 0.1) is 5.41 Å². The molecule has 0 unspecified atom stereocenters. The van der Waals surface area contributed by atoms with Gasteiger partial charge in [-0.3, -0.25) is 4.79 Å². The molecule has 0 amide bonds. The minimum Gasteiger partial charge on any atom is -0.465 e. The van der Waals surface area contributed by atoms with Crippen LogP contribution in [0.25, 0.3) is 0 Å². The molecule has 41 heavy (non-hydrogen) atoms. The third kappa shape index (κ3) is 15.4. The lowest BCUT2D eigenvalue weighted by molar-refractivity contribution is -0.375. The summed E-state index contributed by atoms with van der Waals surface area (Å²) in [5, 5.41) is 20.2. The van der Waals surface area contributed by atoms with Crippen molar-refractivity contribution < 1.29 is 43.5 Å². The van der Waals surface area contributed by atoms with Crippen LogP contribution in [-0.2, 0) is 33.2 Å². The number of hydrogen-bond donors (Lipinski definition) is 2. The number of aliphatic hydroxyl groups excluding tert-OH is 1. The molecule has 2 N–H and O–H groups in total. The first kappa shape index (κ1) is 42.3. The molecule has 2 aliphatic rings. The summed E-state index contributed by atoms with van der Waals surface area (Å²) in [5.41, 5.74) is -1.30. The van der Waals surface area contributed by atoms with Crippen molar-refractivity contribution in [2.45, 2.75) is 125 Å². The fourth-order valence-corrected chi connectivity index (χ4v) is 4.83. The zero-order valence-corrected chi connectivity index (χ0v) is 27.0. The van der Waals surface area contributed by atoms with Gasteiger partial charge in [-0.1, -0.05) is 41.5 Å². The first-order valence-corrected chi connectivity index (χ1v) is 15.2. The maximum Gasteiger partial charge on any atom is 0.308 e. The van der Waals surface area contributed by atoms with Crippen molar-refractivity contribution in [2.24, 2.45) is 5.41 Å². The van der Waals surface area contributed by atoms with Gasteiger partial charge in [0, 0.05) is 37.1 Å². The average Bonchev–Trinajstić information content (AvgIpc) is 2.93. The minimum atomic E-state index is -0.733. The van der Waals surface area contributed by atoms with Crippen molar-refractivity contribution >= 4 is 5.97 Å². The summed E-state index contributed by atoms with van der Waals surface area (Å²) in [6.45, 7) is 22.6. The Morgan fingerprint density at radius 3 is 1.88 bits per heavy atom. The van der Waals surface area contributed by atoms with E-state index in [1.54, 1.807) is 0 Å². The lowest BCUT2D eigenvalue weighted by Gasteiger charge is -2.58. The number of aliphatic hydroxyl groups is 1. The summed E-state index contributed by atoms with van der Waals surface area (Å²) in [6, 6.07) is 0. The standard InChI is InChI=1S/C22H41NO7.C6H14O2.C2H6.CH4/c1-7-21(15-28-18(24)9-10-27-12-11-26-8-2)16-29-22(30-17-21)13-19(3,4)23(25)20(5,6)14-22;1-2-3-5-8-6-4-7;1-2;/h25H,7-17H2,1-6H3;7H,2-6H2,1H3;1-2H3;1H4. The van der Waals surface area contributed by atoms with Gasteiger partial charge in [-0.15, -0.1) is 0 Å². The lowest BCUT2D eigenvalue weighted by Crippen LogP contribution is -2.67. The van der Waals surface area contributed by atoms with Crippen molar-refractivity contribution in [2.75, 3.05) is 66.1 Å². The van der Waals surface area contributed by atoms with Gasteiger partial charge >= 0.3 is 5.97 Å². The second-order valence-electron chi connectivity index (χ2n) is 11.5. The highest BCUT2D eigenvalue weighted by Gasteiger charge is 2.56. The molecular formula is C31H65NO9. The summed E-state index contributed by atoms with van der Waals surface area (Å²) in [6.07, 6.45) is 4.38. The van der Waals surface area contributed by atoms with E-state index < -0.39 is 16.9 Å². The Labute approximate surface area is 251 Å². The van der Waals surface area contributed by atoms with Gasteiger partial charge in [-0.25, -0.2) is 0 Å². The fraction of sp³-hybridized carbons (Fsp3) is 0.968. The fourth-order valence-electron chi connectivity index (χ4n) is 4.83. The quantitative estimate of drug-likeness (QED) is 0.183. The molecule has 0 aromatic heterocycles. The normalized spacial score (nSPS) is 20.1. The number of unbranched alkanes of at least 4 members (excludes halogenated alkanes) is 1. The molecule has 0 aromatic carbocycles. The Bertz CT molecular complexity index is 623. The van der Waals surface area contributed by atoms with Gasteiger partial charge in [0.25, 0.3) is 0 Å². The Morgan fingerprint density at radius 2 is 1.39 bits per heavy atom. The molecule has 0 bridgehead atoms. The van der Waals surface area contributed by atoms with Gasteiger partial charge in [0.05, 0.1) is 58.1 Å². The van der Waals surface area contributed by atoms with Crippen molar-refractivity contribution in [3.63, 3.8) is 0 Å². The van der Waals surface area contributed by atoms with E-state index in [0.717, 1.165) is 25.9 Å². The van der Waals surface area contributed by atoms with Crippen LogP contribution in [-0.4, -0.2) is 104 Å². The number of nitrogens with zero attached hydrogens (tertiary/aromatic N) is 1. The van der Waals surface area contributed by atoms with Crippen LogP contribution in [0.5, 0.6) is 0 Å². The maximum atomic E-state index is 12.1. The summed E-state index contributed by atoms with van der Waals surface area (Å²) >= 11 is 0. The molecule has 2 fully saturated rings. The van der Waals surface area contributed by atoms with Crippen LogP contribution < -0.4 is 0 Å². The van der Waals surface area contributed by atoms with Crippen LogP contribution in [0.15, 0.2) is 0 Å². The predicted octanol–water partition coefficient (Wildman–Crippen LogP) is 5.61. The van der Waals surface area contributed by atoms with E-state index in [9.17, 15) is 10.0 Å². The van der Waals surface area contributed by atoms with Crippen LogP contribution in [0.3, 0.4) is 0 Å². The van der Waals surface area contributed by atoms with Crippen molar-refractivity contribution in [3.05, 3.63) is 0 Å². The Morgan fingerprint density at radius 1 is 0.854 bits per heavy atom. The third-order valence-corrected chi connectivity index (χ3v) is 7.03. The highest BCUT2D eigenvalue weighted by atomic mass is 16.7. The van der Waals surface area contributed by atoms with E-state index in [1.165, 1.54) is 5.06 Å². The largest absolute Gasteiger partial charge is 0.465 e. The minimum absolute atomic E-state index is 0. The number of esters is 1. The first-order valence-electron chi connectivity index (χ1n) is 15.2. The lowest BCUT2D eigenvalue weighted by atomic mass is 9.76. The van der Waals surface area contributed by atoms with Gasteiger partial charge in [0.2, 0.25) is 0 Å². The van der Waals surface area contributed by atoms with Crippen LogP contribution in [0.2, 0.25) is 0 Å². The molecule has 0 atom stereocenters. The molecule has 2 aliphatic heterocycles. The van der Waals surface area contributed by atoms with Gasteiger partial charge in [0.15, 0.2) is 5.79 Å². The van der Waals surface area contributed by atoms with Crippen LogP contribution in [0.4, 0.5) is 0 Å². The topological polar surface area (TPSA) is 116 Å². The molecule has 1 spiro atoms. The number of carbonyl (C=O) groups is 1. The Kier molecular flexibility index (Phi) is 22.5. The molecule has 2 saturated heterocycles. The zero-order chi connectivity index (χ0) is 30.7. The number of rotatable bonds is 15. The number of piperidine rings is 1. The molecule has 0 radical (unpaired) electrons. The molecule has 2 rings (SSSR count). The van der Waals surface area contributed by atoms with E-state index >= 15 is 0 Å². The molecule has 10 heteroatoms. The second-order valence-corrected chi connectivity index (χ2v) is 11.5. The van der Waals surface area contributed by atoms with E-state index in [4.69, 9.17) is 33.5 Å². The van der Waals surface area contributed by atoms with Crippen molar-refractivity contribution in [1.29, 1.82) is 0 Å². The molecule has 10 nitrogen and oxygen atoms in total. The molecule has 0 saturated carbocycles. The third-order valence-electron chi connectivity index (χ3n) is 7.03. The Balaban J connectivity index is 0. The molecular weight excluding hydrogens is 530 g/mol. The number of carbonyl (C=O) groups excluding carboxylic acids is 1. The SMILES string of the molecule is C.CC.CCCCOCCO.CCOCCOCCC(=O)OCC1(CC)COC2(CC(C)(C)N(O)C(C)(C)C2)OC1. The monoisotopic (exact) mass is 595 g/mol. The first-order chi connectivity index (χ1) is 18.9. The number of hydroxylamine groups is 2. The predicted molar refractivity (Wildman–Crippen MR) is 162 cm³/mol. The summed E-state index contributed by atoms with van der Waals surface area (Å²) in [5.74, 6) is -1.01. The van der Waals surface area contributed by atoms with E-state index in [1.807, 2.05) is 48.5 Å². The molecule has 0 aromatic rings. The average molecular weight is 596 g/mol. The smallest absolute Gasteiger partial charge is 0.308 e. The van der Waals surface area contributed by atoms with Crippen molar-refractivity contribution in [3.8, 4) is 0 Å². The summed E-state index contributed by atoms with van der Waals surface area (Å²) in [7, 11) is 0. The van der Waals surface area contributed by atoms with E-state index in [-0.39, 0.29) is 38.4 Å². The van der Waals surface area contributed by atoms with E-state index in [2.05, 4.69) is 13.8 Å². The highest BCUT2D eigenvalue weighted by Crippen LogP contribution is 2.48. The number of ether oxygens (including phenoxy) is 6. The maximum absolute atomic E-state index is 12.1. The van der Waals surface area contributed by atoms with E-state index in [0.29, 0.717) is 59.1 Å². The zero-order valence-electron chi connectivity index (χ0n) is 27.0. The molecule has 0 aliphatic carbocycles. The molecule has 248 valence electrons. The van der Waals surface area contributed by atoms with Gasteiger partial charge < -0.3 is 38.7 Å². The molecule has 2 heterocycles. The van der Waals surface area contributed by atoms with Crippen molar-refractivity contribution in [1.82, 2.24) is 5.06 Å². The Hall–Kier alpha value is -0.850. The second kappa shape index (κ2) is 21.8. The highest BCUT2D eigenvalue weighted by molar-refractivity contribution is 5.69. The summed E-state index contributed by atoms with van der Waals surface area (Å²) in [4.78, 5) is 12.1. The van der Waals surface area contributed by atoms with Gasteiger partial charge in [0.1, 0.15) is 6.61 Å². The van der Waals surface area contributed by atoms with Gasteiger partial charge in [-0.2, -0.15) is 5.06 Å². The summed E-state index contributed by atoms with van der Waals surface area (Å²) < 4.78 is 33.7. The van der Waals surface area contributed by atoms with Crippen LogP contribution >= 0.6 is 0 Å². The van der Waals surface area contributed by atoms with Gasteiger partial charge in [-0.05, 0) is 47.5 Å². The van der Waals surface area contributed by atoms with Crippen LogP contribution in [0.1, 0.15) is 108 Å².